The van der Waals surface area contributed by atoms with Gasteiger partial charge in [0, 0.05) is 18.5 Å². The van der Waals surface area contributed by atoms with Crippen LogP contribution in [-0.4, -0.2) is 121 Å². The van der Waals surface area contributed by atoms with Gasteiger partial charge in [-0.1, -0.05) is 31.4 Å². The van der Waals surface area contributed by atoms with Crippen molar-refractivity contribution in [3.05, 3.63) is 53.5 Å². The number of unbranched alkanes of at least 4 members (excludes halogenated alkanes) is 1. The van der Waals surface area contributed by atoms with Crippen LogP contribution in [0.25, 0.3) is 11.0 Å². The minimum atomic E-state index is -4.24. The first-order valence-electron chi connectivity index (χ1n) is 18.7. The largest absolute Gasteiger partial charge is 0.491 e. The minimum Gasteiger partial charge on any atom is -0.491 e. The molecule has 0 radical (unpaired) electrons. The molecule has 1 aliphatic carbocycles. The maximum Gasteiger partial charge on any atom is 0.350 e. The molecule has 2 saturated heterocycles. The summed E-state index contributed by atoms with van der Waals surface area (Å²) in [6.45, 7) is 11.4. The number of terminal acetylenes is 1. The lowest BCUT2D eigenvalue weighted by Gasteiger charge is -2.49. The number of hydrogen-bond donors (Lipinski definition) is 2. The number of benzene rings is 1. The van der Waals surface area contributed by atoms with E-state index in [2.05, 4.69) is 51.5 Å². The zero-order valence-corrected chi connectivity index (χ0v) is 33.1. The van der Waals surface area contributed by atoms with Gasteiger partial charge in [-0.05, 0) is 67.0 Å². The Morgan fingerprint density at radius 1 is 1.05 bits per heavy atom. The molecule has 2 fully saturated rings. The third-order valence-corrected chi connectivity index (χ3v) is 10.1. The summed E-state index contributed by atoms with van der Waals surface area (Å²) in [6, 6.07) is 6.35. The van der Waals surface area contributed by atoms with Gasteiger partial charge in [0.2, 0.25) is 5.28 Å². The molecule has 2 unspecified atom stereocenters. The van der Waals surface area contributed by atoms with E-state index in [1.54, 1.807) is 10.9 Å². The fourth-order valence-electron chi connectivity index (χ4n) is 6.87. The third-order valence-electron chi connectivity index (χ3n) is 9.43. The van der Waals surface area contributed by atoms with E-state index in [0.29, 0.717) is 78.0 Å². The summed E-state index contributed by atoms with van der Waals surface area (Å²) >= 11 is 6.44. The summed E-state index contributed by atoms with van der Waals surface area (Å²) < 4.78 is 51.8. The van der Waals surface area contributed by atoms with Crippen LogP contribution in [0.15, 0.2) is 37.1 Å². The molecule has 0 amide bonds. The predicted molar refractivity (Wildman–Crippen MR) is 208 cm³/mol. The van der Waals surface area contributed by atoms with Crippen molar-refractivity contribution in [1.82, 2.24) is 19.7 Å². The monoisotopic (exact) mass is 805 g/mol. The summed E-state index contributed by atoms with van der Waals surface area (Å²) in [5.41, 5.74) is 3.22. The van der Waals surface area contributed by atoms with E-state index in [1.165, 1.54) is 17.5 Å². The summed E-state index contributed by atoms with van der Waals surface area (Å²) in [5.74, 6) is 3.96. The van der Waals surface area contributed by atoms with Crippen molar-refractivity contribution in [2.45, 2.75) is 63.2 Å². The highest BCUT2D eigenvalue weighted by Crippen LogP contribution is 2.49. The Bertz CT molecular complexity index is 1760. The molecule has 1 spiro atoms. The lowest BCUT2D eigenvalue weighted by atomic mass is 9.74. The van der Waals surface area contributed by atoms with E-state index in [1.807, 2.05) is 12.1 Å². The van der Waals surface area contributed by atoms with Gasteiger partial charge in [-0.2, -0.15) is 15.1 Å². The van der Waals surface area contributed by atoms with Crippen molar-refractivity contribution >= 4 is 36.0 Å². The molecule has 3 aliphatic rings. The smallest absolute Gasteiger partial charge is 0.350 e. The van der Waals surface area contributed by atoms with Crippen molar-refractivity contribution in [3.63, 3.8) is 0 Å². The van der Waals surface area contributed by atoms with Crippen molar-refractivity contribution < 1.29 is 47.5 Å². The van der Waals surface area contributed by atoms with Crippen LogP contribution in [0.3, 0.4) is 0 Å². The molecular formula is C38H53ClN5O10P. The zero-order valence-electron chi connectivity index (χ0n) is 31.5. The fourth-order valence-corrected chi connectivity index (χ4v) is 7.37. The lowest BCUT2D eigenvalue weighted by molar-refractivity contribution is -0.0391. The molecule has 17 heteroatoms. The van der Waals surface area contributed by atoms with E-state index in [0.717, 1.165) is 49.3 Å². The Hall–Kier alpha value is -3.13. The zero-order chi connectivity index (χ0) is 39.1. The van der Waals surface area contributed by atoms with Crippen molar-refractivity contribution in [2.75, 3.05) is 90.4 Å². The number of aromatic nitrogens is 4. The van der Waals surface area contributed by atoms with E-state index in [-0.39, 0.29) is 23.4 Å². The van der Waals surface area contributed by atoms with Gasteiger partial charge in [0.25, 0.3) is 0 Å². The van der Waals surface area contributed by atoms with Crippen molar-refractivity contribution in [3.8, 4) is 18.1 Å². The van der Waals surface area contributed by atoms with Crippen LogP contribution in [0, 0.1) is 12.3 Å². The van der Waals surface area contributed by atoms with Gasteiger partial charge in [0.05, 0.1) is 70.5 Å². The number of fused-ring (bicyclic) bond motifs is 3. The second-order valence-electron chi connectivity index (χ2n) is 13.6. The molecule has 55 heavy (non-hydrogen) atoms. The van der Waals surface area contributed by atoms with E-state index in [9.17, 15) is 4.57 Å². The molecule has 302 valence electrons. The van der Waals surface area contributed by atoms with Crippen LogP contribution in [0.4, 0.5) is 5.82 Å². The topological polar surface area (TPSA) is 169 Å². The first-order chi connectivity index (χ1) is 26.7. The van der Waals surface area contributed by atoms with E-state index >= 15 is 0 Å². The highest BCUT2D eigenvalue weighted by atomic mass is 35.5. The Morgan fingerprint density at radius 3 is 2.42 bits per heavy atom. The summed E-state index contributed by atoms with van der Waals surface area (Å²) in [4.78, 5) is 29.4. The van der Waals surface area contributed by atoms with Crippen LogP contribution in [-0.2, 0) is 44.8 Å². The van der Waals surface area contributed by atoms with E-state index in [4.69, 9.17) is 61.0 Å². The maximum absolute atomic E-state index is 11.1. The molecule has 0 bridgehead atoms. The molecule has 1 aromatic carbocycles. The average molecular weight is 806 g/mol. The quantitative estimate of drug-likeness (QED) is 0.0454. The van der Waals surface area contributed by atoms with Crippen molar-refractivity contribution in [1.29, 1.82) is 0 Å². The first kappa shape index (κ1) is 43.0. The van der Waals surface area contributed by atoms with Crippen LogP contribution in [0.5, 0.6) is 5.75 Å². The summed E-state index contributed by atoms with van der Waals surface area (Å²) in [6.07, 6.45) is 13.2. The van der Waals surface area contributed by atoms with Gasteiger partial charge >= 0.3 is 7.60 Å². The second kappa shape index (κ2) is 21.4. The van der Waals surface area contributed by atoms with Gasteiger partial charge in [-0.3, -0.25) is 4.57 Å². The number of rotatable bonds is 22. The van der Waals surface area contributed by atoms with Gasteiger partial charge in [0.15, 0.2) is 11.9 Å². The number of ether oxygens (including phenoxy) is 7. The number of nitrogens with zero attached hydrogens (tertiary/aromatic N) is 5. The Balaban J connectivity index is 0.00000109. The SMILES string of the molecule is C#CCOCCOCCOCCOCCOc1ccc2c(c1)C1(CC2)CN(c2nc(Cl)nc3c2cnn3C2CCC(COCP(=O)(O)O)O2)C1.C=CCCC. The van der Waals surface area contributed by atoms with E-state index < -0.39 is 20.2 Å². The maximum atomic E-state index is 11.1. The van der Waals surface area contributed by atoms with Crippen molar-refractivity contribution in [2.24, 2.45) is 0 Å². The van der Waals surface area contributed by atoms with Gasteiger partial charge in [-0.25, -0.2) is 4.68 Å². The summed E-state index contributed by atoms with van der Waals surface area (Å²) in [5, 5.41) is 5.49. The van der Waals surface area contributed by atoms with Crippen LogP contribution < -0.4 is 9.64 Å². The number of anilines is 1. The van der Waals surface area contributed by atoms with Gasteiger partial charge in [0.1, 0.15) is 31.1 Å². The molecule has 2 atom stereocenters. The number of halogens is 1. The molecule has 0 saturated carbocycles. The molecule has 2 aliphatic heterocycles. The molecule has 15 nitrogen and oxygen atoms in total. The lowest BCUT2D eigenvalue weighted by Crippen LogP contribution is -2.58. The van der Waals surface area contributed by atoms with Gasteiger partial charge < -0.3 is 47.8 Å². The minimum absolute atomic E-state index is 0.00438. The van der Waals surface area contributed by atoms with Gasteiger partial charge in [-0.15, -0.1) is 13.0 Å². The number of hydrogen-bond acceptors (Lipinski definition) is 12. The second-order valence-corrected chi connectivity index (χ2v) is 15.5. The predicted octanol–water partition coefficient (Wildman–Crippen LogP) is 5.06. The molecule has 3 aromatic rings. The Labute approximate surface area is 327 Å². The number of aryl methyl sites for hydroxylation is 1. The molecule has 2 aromatic heterocycles. The molecule has 6 rings (SSSR count). The highest BCUT2D eigenvalue weighted by molar-refractivity contribution is 7.51. The fraction of sp³-hybridized carbons (Fsp3) is 0.605. The number of allylic oxidation sites excluding steroid dienone is 1. The van der Waals surface area contributed by atoms with Crippen LogP contribution >= 0.6 is 19.2 Å². The molecule has 2 N–H and O–H groups in total. The standard InChI is InChI=1S/C33H43ClN5O10P.C5H10/c1-2-9-43-10-11-44-12-13-45-14-15-46-16-17-48-25-4-3-24-7-8-33(28(24)18-25)21-38(22-33)30-27-19-35-39(31(27)37-32(34)36-30)29-6-5-26(49-29)20-47-23-50(40,41)42;1-3-5-4-2/h1,3-4,18-19,26,29H,5-17,20-23H2,(H2,40,41,42);3H,1,4-5H2,2H3. The average Bonchev–Trinajstić information content (AvgIpc) is 3.88. The van der Waals surface area contributed by atoms with Crippen LogP contribution in [0.1, 0.15) is 56.4 Å². The molecule has 4 heterocycles. The Kier molecular flexibility index (Phi) is 16.7. The first-order valence-corrected chi connectivity index (χ1v) is 20.9. The normalized spacial score (nSPS) is 18.5. The third kappa shape index (κ3) is 12.4. The van der Waals surface area contributed by atoms with Crippen LogP contribution in [0.2, 0.25) is 5.28 Å². The molecular weight excluding hydrogens is 753 g/mol. The Morgan fingerprint density at radius 2 is 1.76 bits per heavy atom. The summed E-state index contributed by atoms with van der Waals surface area (Å²) in [7, 11) is -4.24. The highest BCUT2D eigenvalue weighted by Gasteiger charge is 2.49.